The standard InChI is InChI=1S/C16H25F3N4O2S2.HI/c1-3-20-15(22-11-14-5-4-12(2)26-14)21-10-13-6-8-23(9-7-13)27(24,25)16(17,18)19;/h4-5,13H,3,6-11H2,1-2H3,(H2,20,21,22);1H. The maximum Gasteiger partial charge on any atom is 0.511 e. The quantitative estimate of drug-likeness (QED) is 0.322. The number of halogens is 4. The zero-order valence-electron chi connectivity index (χ0n) is 15.8. The molecule has 1 saturated heterocycles. The highest BCUT2D eigenvalue weighted by Gasteiger charge is 2.50. The van der Waals surface area contributed by atoms with Gasteiger partial charge in [0, 0.05) is 35.9 Å². The van der Waals surface area contributed by atoms with Crippen LogP contribution >= 0.6 is 35.3 Å². The first kappa shape index (κ1) is 25.4. The number of sulfonamides is 1. The molecule has 28 heavy (non-hydrogen) atoms. The first-order valence-corrected chi connectivity index (χ1v) is 11.0. The summed E-state index contributed by atoms with van der Waals surface area (Å²) >= 11 is 1.68. The summed E-state index contributed by atoms with van der Waals surface area (Å²) in [5.74, 6) is 0.742. The highest BCUT2D eigenvalue weighted by atomic mass is 127. The Morgan fingerprint density at radius 3 is 2.43 bits per heavy atom. The van der Waals surface area contributed by atoms with E-state index in [2.05, 4.69) is 15.6 Å². The van der Waals surface area contributed by atoms with E-state index in [1.54, 1.807) is 11.3 Å². The van der Waals surface area contributed by atoms with Gasteiger partial charge in [-0.1, -0.05) is 0 Å². The zero-order valence-corrected chi connectivity index (χ0v) is 19.7. The number of piperidine rings is 1. The molecule has 1 aromatic rings. The van der Waals surface area contributed by atoms with Gasteiger partial charge in [-0.25, -0.2) is 13.4 Å². The monoisotopic (exact) mass is 554 g/mol. The summed E-state index contributed by atoms with van der Waals surface area (Å²) in [5.41, 5.74) is -5.23. The summed E-state index contributed by atoms with van der Waals surface area (Å²) in [4.78, 5) is 6.89. The number of thiophene rings is 1. The van der Waals surface area contributed by atoms with Crippen LogP contribution in [0, 0.1) is 12.8 Å². The summed E-state index contributed by atoms with van der Waals surface area (Å²) in [5, 5.41) is 6.35. The lowest BCUT2D eigenvalue weighted by Gasteiger charge is -2.31. The third-order valence-corrected chi connectivity index (χ3v) is 6.91. The summed E-state index contributed by atoms with van der Waals surface area (Å²) in [6, 6.07) is 4.07. The van der Waals surface area contributed by atoms with Gasteiger partial charge in [0.2, 0.25) is 0 Å². The largest absolute Gasteiger partial charge is 0.511 e. The SMILES string of the molecule is CCNC(=NCc1ccc(C)s1)NCC1CCN(S(=O)(=O)C(F)(F)F)CC1.I. The molecule has 1 aliphatic rings. The van der Waals surface area contributed by atoms with Gasteiger partial charge in [0.25, 0.3) is 0 Å². The van der Waals surface area contributed by atoms with E-state index in [1.807, 2.05) is 26.0 Å². The number of rotatable bonds is 6. The minimum absolute atomic E-state index is 0. The van der Waals surface area contributed by atoms with Crippen LogP contribution in [-0.2, 0) is 16.6 Å². The molecule has 1 fully saturated rings. The molecule has 2 rings (SSSR count). The third kappa shape index (κ3) is 7.02. The molecule has 0 saturated carbocycles. The zero-order chi connectivity index (χ0) is 20.1. The van der Waals surface area contributed by atoms with E-state index in [0.717, 1.165) is 4.88 Å². The molecule has 12 heteroatoms. The number of hydrogen-bond acceptors (Lipinski definition) is 4. The first-order chi connectivity index (χ1) is 12.6. The van der Waals surface area contributed by atoms with Crippen molar-refractivity contribution >= 4 is 51.3 Å². The van der Waals surface area contributed by atoms with Gasteiger partial charge in [-0.3, -0.25) is 0 Å². The second kappa shape index (κ2) is 11.0. The van der Waals surface area contributed by atoms with Crippen LogP contribution < -0.4 is 10.6 Å². The van der Waals surface area contributed by atoms with Gasteiger partial charge in [-0.2, -0.15) is 17.5 Å². The van der Waals surface area contributed by atoms with Gasteiger partial charge in [0.05, 0.1) is 6.54 Å². The van der Waals surface area contributed by atoms with Gasteiger partial charge in [-0.15, -0.1) is 35.3 Å². The minimum atomic E-state index is -5.23. The van der Waals surface area contributed by atoms with Gasteiger partial charge >= 0.3 is 15.5 Å². The van der Waals surface area contributed by atoms with Crippen molar-refractivity contribution in [3.8, 4) is 0 Å². The van der Waals surface area contributed by atoms with Crippen LogP contribution in [0.4, 0.5) is 13.2 Å². The lowest BCUT2D eigenvalue weighted by atomic mass is 9.98. The second-order valence-corrected chi connectivity index (χ2v) is 9.68. The van der Waals surface area contributed by atoms with E-state index >= 15 is 0 Å². The molecule has 0 atom stereocenters. The summed E-state index contributed by atoms with van der Waals surface area (Å²) in [7, 11) is -5.22. The highest BCUT2D eigenvalue weighted by Crippen LogP contribution is 2.30. The lowest BCUT2D eigenvalue weighted by Crippen LogP contribution is -2.47. The maximum absolute atomic E-state index is 12.6. The molecule has 0 bridgehead atoms. The number of alkyl halides is 3. The molecule has 1 aromatic heterocycles. The summed E-state index contributed by atoms with van der Waals surface area (Å²) in [6.07, 6.45) is 0.762. The number of aryl methyl sites for hydroxylation is 1. The number of nitrogens with one attached hydrogen (secondary N) is 2. The fourth-order valence-electron chi connectivity index (χ4n) is 2.81. The van der Waals surface area contributed by atoms with E-state index in [-0.39, 0.29) is 43.0 Å². The molecular weight excluding hydrogens is 528 g/mol. The van der Waals surface area contributed by atoms with Crippen LogP contribution in [-0.4, -0.2) is 50.4 Å². The van der Waals surface area contributed by atoms with Gasteiger partial charge in [0.15, 0.2) is 5.96 Å². The molecule has 162 valence electrons. The van der Waals surface area contributed by atoms with Gasteiger partial charge in [-0.05, 0) is 44.7 Å². The second-order valence-electron chi connectivity index (χ2n) is 6.38. The molecule has 0 unspecified atom stereocenters. The van der Waals surface area contributed by atoms with Crippen molar-refractivity contribution in [2.75, 3.05) is 26.2 Å². The molecule has 0 radical (unpaired) electrons. The Morgan fingerprint density at radius 2 is 1.93 bits per heavy atom. The smallest absolute Gasteiger partial charge is 0.357 e. The van der Waals surface area contributed by atoms with Crippen molar-refractivity contribution in [3.05, 3.63) is 21.9 Å². The normalized spacial score (nSPS) is 17.2. The average Bonchev–Trinajstić information content (AvgIpc) is 3.02. The molecule has 1 aliphatic heterocycles. The van der Waals surface area contributed by atoms with Crippen molar-refractivity contribution in [1.82, 2.24) is 14.9 Å². The van der Waals surface area contributed by atoms with Gasteiger partial charge in [0.1, 0.15) is 0 Å². The van der Waals surface area contributed by atoms with E-state index in [4.69, 9.17) is 0 Å². The van der Waals surface area contributed by atoms with E-state index in [0.29, 0.717) is 42.7 Å². The van der Waals surface area contributed by atoms with E-state index < -0.39 is 15.5 Å². The molecule has 0 aliphatic carbocycles. The average molecular weight is 554 g/mol. The lowest BCUT2D eigenvalue weighted by molar-refractivity contribution is -0.0496. The van der Waals surface area contributed by atoms with Crippen molar-refractivity contribution in [3.63, 3.8) is 0 Å². The van der Waals surface area contributed by atoms with Crippen LogP contribution in [0.2, 0.25) is 0 Å². The Morgan fingerprint density at radius 1 is 1.29 bits per heavy atom. The van der Waals surface area contributed by atoms with Crippen molar-refractivity contribution in [1.29, 1.82) is 0 Å². The fourth-order valence-corrected chi connectivity index (χ4v) is 4.61. The Labute approximate surface area is 185 Å². The van der Waals surface area contributed by atoms with Crippen molar-refractivity contribution in [2.45, 2.75) is 38.7 Å². The van der Waals surface area contributed by atoms with E-state index in [1.165, 1.54) is 4.88 Å². The Balaban J connectivity index is 0.00000392. The first-order valence-electron chi connectivity index (χ1n) is 8.77. The Hall–Kier alpha value is -0.600. The predicted molar refractivity (Wildman–Crippen MR) is 117 cm³/mol. The van der Waals surface area contributed by atoms with Gasteiger partial charge < -0.3 is 10.6 Å². The van der Waals surface area contributed by atoms with Crippen LogP contribution in [0.3, 0.4) is 0 Å². The fraction of sp³-hybridized carbons (Fsp3) is 0.688. The number of hydrogen-bond donors (Lipinski definition) is 2. The summed E-state index contributed by atoms with van der Waals surface area (Å²) in [6.45, 7) is 5.54. The Bertz CT molecular complexity index is 745. The topological polar surface area (TPSA) is 73.8 Å². The highest BCUT2D eigenvalue weighted by molar-refractivity contribution is 14.0. The molecule has 0 aromatic carbocycles. The molecule has 6 nitrogen and oxygen atoms in total. The minimum Gasteiger partial charge on any atom is -0.357 e. The number of nitrogens with zero attached hydrogens (tertiary/aromatic N) is 2. The van der Waals surface area contributed by atoms with Crippen molar-refractivity contribution < 1.29 is 21.6 Å². The third-order valence-electron chi connectivity index (χ3n) is 4.30. The molecule has 0 amide bonds. The van der Waals surface area contributed by atoms with Crippen LogP contribution in [0.5, 0.6) is 0 Å². The number of guanidine groups is 1. The molecule has 2 N–H and O–H groups in total. The van der Waals surface area contributed by atoms with Crippen LogP contribution in [0.15, 0.2) is 17.1 Å². The molecular formula is C16H26F3IN4O2S2. The molecule has 0 spiro atoms. The van der Waals surface area contributed by atoms with Crippen molar-refractivity contribution in [2.24, 2.45) is 10.9 Å². The van der Waals surface area contributed by atoms with Crippen LogP contribution in [0.25, 0.3) is 0 Å². The van der Waals surface area contributed by atoms with E-state index in [9.17, 15) is 21.6 Å². The predicted octanol–water partition coefficient (Wildman–Crippen LogP) is 3.29. The summed E-state index contributed by atoms with van der Waals surface area (Å²) < 4.78 is 61.3. The maximum atomic E-state index is 12.6. The number of aliphatic imine (C=N–C) groups is 1. The van der Waals surface area contributed by atoms with Crippen LogP contribution in [0.1, 0.15) is 29.5 Å². The Kier molecular flexibility index (Phi) is 9.97. The molecule has 2 heterocycles.